The predicted octanol–water partition coefficient (Wildman–Crippen LogP) is 3.48. The van der Waals surface area contributed by atoms with Crippen LogP contribution in [0.3, 0.4) is 0 Å². The van der Waals surface area contributed by atoms with Gasteiger partial charge in [-0.3, -0.25) is 4.98 Å². The van der Waals surface area contributed by atoms with Crippen LogP contribution in [0.15, 0.2) is 47.6 Å². The minimum Gasteiger partial charge on any atom is -0.324 e. The van der Waals surface area contributed by atoms with Gasteiger partial charge in [-0.2, -0.15) is 0 Å². The van der Waals surface area contributed by atoms with Crippen LogP contribution in [0.4, 0.5) is 14.5 Å². The summed E-state index contributed by atoms with van der Waals surface area (Å²) in [7, 11) is 0. The van der Waals surface area contributed by atoms with Gasteiger partial charge >= 0.3 is 0 Å². The van der Waals surface area contributed by atoms with Crippen molar-refractivity contribution in [2.24, 2.45) is 0 Å². The molecule has 82 valence electrons. The molecule has 0 aliphatic heterocycles. The lowest BCUT2D eigenvalue weighted by atomic mass is 10.4. The fourth-order valence-corrected chi connectivity index (χ4v) is 1.78. The monoisotopic (exact) mass is 238 g/mol. The zero-order valence-electron chi connectivity index (χ0n) is 8.15. The Morgan fingerprint density at radius 2 is 1.94 bits per heavy atom. The number of hydrogen-bond donors (Lipinski definition) is 1. The molecule has 0 saturated heterocycles. The van der Waals surface area contributed by atoms with E-state index in [1.54, 1.807) is 12.1 Å². The highest BCUT2D eigenvalue weighted by Gasteiger charge is 1.98. The molecule has 0 unspecified atom stereocenters. The molecule has 16 heavy (non-hydrogen) atoms. The van der Waals surface area contributed by atoms with E-state index in [4.69, 9.17) is 0 Å². The molecular weight excluding hydrogens is 230 g/mol. The molecule has 2 aromatic rings. The highest BCUT2D eigenvalue weighted by atomic mass is 32.2. The van der Waals surface area contributed by atoms with Crippen LogP contribution in [0.25, 0.3) is 0 Å². The maximum Gasteiger partial charge on any atom is 0.143 e. The number of aromatic nitrogens is 1. The molecule has 1 aromatic heterocycles. The molecule has 1 N–H and O–H groups in total. The fourth-order valence-electron chi connectivity index (χ4n) is 1.12. The number of anilines is 1. The van der Waals surface area contributed by atoms with Gasteiger partial charge < -0.3 is 4.72 Å². The first-order chi connectivity index (χ1) is 7.74. The van der Waals surface area contributed by atoms with Crippen molar-refractivity contribution in [1.82, 2.24) is 4.98 Å². The van der Waals surface area contributed by atoms with Crippen molar-refractivity contribution in [3.63, 3.8) is 0 Å². The third-order valence-corrected chi connectivity index (χ3v) is 2.62. The van der Waals surface area contributed by atoms with E-state index in [-0.39, 0.29) is 5.82 Å². The number of pyridine rings is 1. The van der Waals surface area contributed by atoms with E-state index in [1.165, 1.54) is 36.3 Å². The zero-order chi connectivity index (χ0) is 11.4. The number of hydrogen-bond acceptors (Lipinski definition) is 3. The van der Waals surface area contributed by atoms with Gasteiger partial charge in [0.15, 0.2) is 0 Å². The van der Waals surface area contributed by atoms with E-state index < -0.39 is 5.82 Å². The summed E-state index contributed by atoms with van der Waals surface area (Å²) < 4.78 is 28.5. The number of rotatable bonds is 3. The zero-order valence-corrected chi connectivity index (χ0v) is 8.97. The van der Waals surface area contributed by atoms with E-state index in [1.807, 2.05) is 0 Å². The first-order valence-corrected chi connectivity index (χ1v) is 5.35. The Labute approximate surface area is 95.8 Å². The standard InChI is InChI=1S/C11H8F2N2S/c12-8-2-1-3-11(5-8)16-15-10-4-9(13)6-14-7-10/h1-7,15H. The lowest BCUT2D eigenvalue weighted by Crippen LogP contribution is -1.89. The molecule has 2 nitrogen and oxygen atoms in total. The van der Waals surface area contributed by atoms with Gasteiger partial charge in [-0.15, -0.1) is 0 Å². The molecule has 0 aliphatic rings. The molecule has 0 amide bonds. The normalized spacial score (nSPS) is 10.1. The van der Waals surface area contributed by atoms with Crippen LogP contribution < -0.4 is 4.72 Å². The van der Waals surface area contributed by atoms with Gasteiger partial charge in [0.05, 0.1) is 18.1 Å². The van der Waals surface area contributed by atoms with Crippen LogP contribution in [0.1, 0.15) is 0 Å². The minimum absolute atomic E-state index is 0.302. The van der Waals surface area contributed by atoms with Crippen molar-refractivity contribution in [2.45, 2.75) is 4.90 Å². The van der Waals surface area contributed by atoms with Gasteiger partial charge in [0.25, 0.3) is 0 Å². The third-order valence-electron chi connectivity index (χ3n) is 1.79. The van der Waals surface area contributed by atoms with Gasteiger partial charge in [0.2, 0.25) is 0 Å². The fraction of sp³-hybridized carbons (Fsp3) is 0. The van der Waals surface area contributed by atoms with Crippen molar-refractivity contribution < 1.29 is 8.78 Å². The first kappa shape index (κ1) is 10.9. The second-order valence-corrected chi connectivity index (χ2v) is 3.93. The number of nitrogens with zero attached hydrogens (tertiary/aromatic N) is 1. The molecule has 1 heterocycles. The minimum atomic E-state index is -0.412. The lowest BCUT2D eigenvalue weighted by Gasteiger charge is -2.04. The Balaban J connectivity index is 2.02. The Morgan fingerprint density at radius 3 is 2.69 bits per heavy atom. The lowest BCUT2D eigenvalue weighted by molar-refractivity contribution is 0.622. The van der Waals surface area contributed by atoms with Crippen molar-refractivity contribution in [3.05, 3.63) is 54.4 Å². The van der Waals surface area contributed by atoms with Crippen LogP contribution in [0.5, 0.6) is 0 Å². The third kappa shape index (κ3) is 2.93. The summed E-state index contributed by atoms with van der Waals surface area (Å²) in [5.74, 6) is -0.714. The van der Waals surface area contributed by atoms with Crippen LogP contribution in [-0.4, -0.2) is 4.98 Å². The topological polar surface area (TPSA) is 24.9 Å². The molecule has 0 radical (unpaired) electrons. The summed E-state index contributed by atoms with van der Waals surface area (Å²) in [6, 6.07) is 7.45. The van der Waals surface area contributed by atoms with E-state index in [9.17, 15) is 8.78 Å². The van der Waals surface area contributed by atoms with Crippen molar-refractivity contribution in [1.29, 1.82) is 0 Å². The quantitative estimate of drug-likeness (QED) is 0.829. The van der Waals surface area contributed by atoms with E-state index in [0.29, 0.717) is 10.6 Å². The summed E-state index contributed by atoms with van der Waals surface area (Å²) in [4.78, 5) is 4.40. The van der Waals surface area contributed by atoms with Crippen molar-refractivity contribution in [3.8, 4) is 0 Å². The van der Waals surface area contributed by atoms with Crippen molar-refractivity contribution in [2.75, 3.05) is 4.72 Å². The molecule has 0 aliphatic carbocycles. The summed E-state index contributed by atoms with van der Waals surface area (Å²) in [5.41, 5.74) is 0.536. The molecule has 1 aromatic carbocycles. The number of benzene rings is 1. The predicted molar refractivity (Wildman–Crippen MR) is 60.1 cm³/mol. The van der Waals surface area contributed by atoms with Gasteiger partial charge in [-0.25, -0.2) is 8.78 Å². The smallest absolute Gasteiger partial charge is 0.143 e. The van der Waals surface area contributed by atoms with E-state index in [2.05, 4.69) is 9.71 Å². The molecule has 0 bridgehead atoms. The average molecular weight is 238 g/mol. The molecule has 5 heteroatoms. The molecular formula is C11H8F2N2S. The van der Waals surface area contributed by atoms with E-state index in [0.717, 1.165) is 6.20 Å². The Bertz CT molecular complexity index is 445. The SMILES string of the molecule is Fc1cncc(NSc2cccc(F)c2)c1. The summed E-state index contributed by atoms with van der Waals surface area (Å²) in [5, 5.41) is 0. The van der Waals surface area contributed by atoms with E-state index >= 15 is 0 Å². The highest BCUT2D eigenvalue weighted by molar-refractivity contribution is 8.00. The number of nitrogens with one attached hydrogen (secondary N) is 1. The summed E-state index contributed by atoms with van der Waals surface area (Å²) >= 11 is 1.20. The van der Waals surface area contributed by atoms with Crippen LogP contribution in [0.2, 0.25) is 0 Å². The van der Waals surface area contributed by atoms with Crippen LogP contribution in [0, 0.1) is 11.6 Å². The Hall–Kier alpha value is -1.62. The van der Waals surface area contributed by atoms with Gasteiger partial charge in [-0.05, 0) is 30.1 Å². The summed E-state index contributed by atoms with van der Waals surface area (Å²) in [6.45, 7) is 0. The first-order valence-electron chi connectivity index (χ1n) is 4.53. The number of halogens is 2. The van der Waals surface area contributed by atoms with Gasteiger partial charge in [0, 0.05) is 11.0 Å². The molecule has 0 atom stereocenters. The maximum atomic E-state index is 12.8. The Morgan fingerprint density at radius 1 is 1.06 bits per heavy atom. The molecule has 2 rings (SSSR count). The molecule has 0 fully saturated rings. The van der Waals surface area contributed by atoms with Gasteiger partial charge in [-0.1, -0.05) is 6.07 Å². The maximum absolute atomic E-state index is 12.8. The van der Waals surface area contributed by atoms with Crippen molar-refractivity contribution >= 4 is 17.6 Å². The van der Waals surface area contributed by atoms with Gasteiger partial charge in [0.1, 0.15) is 11.6 Å². The summed E-state index contributed by atoms with van der Waals surface area (Å²) in [6.07, 6.45) is 2.62. The highest BCUT2D eigenvalue weighted by Crippen LogP contribution is 2.21. The second-order valence-electron chi connectivity index (χ2n) is 3.05. The average Bonchev–Trinajstić information content (AvgIpc) is 2.27. The van der Waals surface area contributed by atoms with Crippen LogP contribution >= 0.6 is 11.9 Å². The Kier molecular flexibility index (Phi) is 3.36. The second kappa shape index (κ2) is 4.94. The largest absolute Gasteiger partial charge is 0.324 e. The molecule has 0 spiro atoms. The molecule has 0 saturated carbocycles. The van der Waals surface area contributed by atoms with Crippen LogP contribution in [-0.2, 0) is 0 Å².